The van der Waals surface area contributed by atoms with Crippen LogP contribution in [-0.2, 0) is 0 Å². The Bertz CT molecular complexity index is 43.9. The molecule has 0 spiro atoms. The van der Waals surface area contributed by atoms with Crippen LogP contribution < -0.4 is 5.73 Å². The van der Waals surface area contributed by atoms with Crippen molar-refractivity contribution in [1.29, 1.82) is 0 Å². The summed E-state index contributed by atoms with van der Waals surface area (Å²) in [6.07, 6.45) is -0.954. The Morgan fingerprint density at radius 1 is 1.30 bits per heavy atom. The second kappa shape index (κ2) is 16.2. The lowest BCUT2D eigenvalue weighted by Gasteiger charge is -1.96. The largest absolute Gasteiger partial charge is 0.394 e. The monoisotopic (exact) mass is 217 g/mol. The third kappa shape index (κ3) is 23.9. The molecule has 0 saturated heterocycles. The van der Waals surface area contributed by atoms with Crippen molar-refractivity contribution >= 4 is 17.0 Å². The Labute approximate surface area is 71.4 Å². The van der Waals surface area contributed by atoms with Gasteiger partial charge in [-0.2, -0.15) is 0 Å². The predicted octanol–water partition coefficient (Wildman–Crippen LogP) is -1.13. The first-order valence-corrected chi connectivity index (χ1v) is 2.82. The number of rotatable bonds is 2. The molecular formula is C5H16BrNO3. The van der Waals surface area contributed by atoms with Crippen molar-refractivity contribution in [2.45, 2.75) is 13.0 Å². The number of hydrogen-bond acceptors (Lipinski definition) is 4. The SMILES string of the molecule is Br.CCN.OCC(O)CO. The topological polar surface area (TPSA) is 86.7 Å². The van der Waals surface area contributed by atoms with E-state index in [1.807, 2.05) is 6.92 Å². The van der Waals surface area contributed by atoms with E-state index in [2.05, 4.69) is 0 Å². The normalized spacial score (nSPS) is 7.80. The van der Waals surface area contributed by atoms with Crippen LogP contribution in [0.1, 0.15) is 6.92 Å². The highest BCUT2D eigenvalue weighted by atomic mass is 79.9. The first kappa shape index (κ1) is 16.7. The van der Waals surface area contributed by atoms with Crippen molar-refractivity contribution in [3.05, 3.63) is 0 Å². The zero-order chi connectivity index (χ0) is 7.70. The standard InChI is InChI=1S/C3H8O3.C2H7N.BrH/c4-1-3(6)2-5;1-2-3;/h3-6H,1-2H2;2-3H2,1H3;1H. The molecule has 0 aromatic rings. The molecule has 0 aliphatic carbocycles. The summed E-state index contributed by atoms with van der Waals surface area (Å²) in [5.41, 5.74) is 4.85. The third-order valence-electron chi connectivity index (χ3n) is 0.421. The van der Waals surface area contributed by atoms with Crippen LogP contribution in [0.3, 0.4) is 0 Å². The molecule has 0 amide bonds. The Morgan fingerprint density at radius 3 is 1.50 bits per heavy atom. The van der Waals surface area contributed by atoms with Crippen molar-refractivity contribution in [1.82, 2.24) is 0 Å². The molecular weight excluding hydrogens is 202 g/mol. The smallest absolute Gasteiger partial charge is 0.100 e. The molecule has 0 aromatic heterocycles. The summed E-state index contributed by atoms with van der Waals surface area (Å²) < 4.78 is 0. The number of hydrogen-bond donors (Lipinski definition) is 4. The van der Waals surface area contributed by atoms with Crippen LogP contribution in [0.25, 0.3) is 0 Å². The van der Waals surface area contributed by atoms with E-state index >= 15 is 0 Å². The van der Waals surface area contributed by atoms with Gasteiger partial charge in [-0.3, -0.25) is 0 Å². The van der Waals surface area contributed by atoms with Crippen LogP contribution in [-0.4, -0.2) is 41.2 Å². The summed E-state index contributed by atoms with van der Waals surface area (Å²) in [6, 6.07) is 0. The van der Waals surface area contributed by atoms with Crippen LogP contribution in [0.2, 0.25) is 0 Å². The molecule has 0 rings (SSSR count). The van der Waals surface area contributed by atoms with Crippen LogP contribution in [0, 0.1) is 0 Å². The van der Waals surface area contributed by atoms with E-state index in [1.54, 1.807) is 0 Å². The van der Waals surface area contributed by atoms with Crippen LogP contribution in [0.15, 0.2) is 0 Å². The van der Waals surface area contributed by atoms with Gasteiger partial charge in [0.05, 0.1) is 13.2 Å². The summed E-state index contributed by atoms with van der Waals surface area (Å²) in [7, 11) is 0. The van der Waals surface area contributed by atoms with E-state index in [0.717, 1.165) is 6.54 Å². The van der Waals surface area contributed by atoms with E-state index in [4.69, 9.17) is 21.1 Å². The lowest BCUT2D eigenvalue weighted by molar-refractivity contribution is 0.0450. The molecule has 0 unspecified atom stereocenters. The highest BCUT2D eigenvalue weighted by Gasteiger charge is 1.93. The minimum Gasteiger partial charge on any atom is -0.394 e. The maximum absolute atomic E-state index is 8.17. The molecule has 0 atom stereocenters. The third-order valence-corrected chi connectivity index (χ3v) is 0.421. The minimum absolute atomic E-state index is 0. The second-order valence-corrected chi connectivity index (χ2v) is 1.43. The maximum Gasteiger partial charge on any atom is 0.100 e. The Hall–Kier alpha value is 0.320. The molecule has 0 aliphatic heterocycles. The maximum atomic E-state index is 8.17. The van der Waals surface area contributed by atoms with Gasteiger partial charge in [-0.1, -0.05) is 6.92 Å². The van der Waals surface area contributed by atoms with Crippen molar-refractivity contribution in [3.63, 3.8) is 0 Å². The van der Waals surface area contributed by atoms with Crippen LogP contribution in [0.4, 0.5) is 0 Å². The van der Waals surface area contributed by atoms with Crippen molar-refractivity contribution < 1.29 is 15.3 Å². The van der Waals surface area contributed by atoms with Gasteiger partial charge in [-0.25, -0.2) is 0 Å². The fraction of sp³-hybridized carbons (Fsp3) is 1.00. The Balaban J connectivity index is -0.000000107. The molecule has 0 fully saturated rings. The zero-order valence-corrected chi connectivity index (χ0v) is 7.74. The highest BCUT2D eigenvalue weighted by molar-refractivity contribution is 8.93. The summed E-state index contributed by atoms with van der Waals surface area (Å²) >= 11 is 0. The van der Waals surface area contributed by atoms with E-state index in [0.29, 0.717) is 0 Å². The van der Waals surface area contributed by atoms with Gasteiger partial charge in [0.1, 0.15) is 6.10 Å². The molecule has 0 bridgehead atoms. The fourth-order valence-corrected chi connectivity index (χ4v) is 0.0577. The zero-order valence-electron chi connectivity index (χ0n) is 6.03. The minimum atomic E-state index is -0.954. The van der Waals surface area contributed by atoms with E-state index in [-0.39, 0.29) is 30.2 Å². The number of halogens is 1. The van der Waals surface area contributed by atoms with Gasteiger partial charge in [-0.05, 0) is 6.54 Å². The van der Waals surface area contributed by atoms with Gasteiger partial charge in [0.15, 0.2) is 0 Å². The van der Waals surface area contributed by atoms with Crippen molar-refractivity contribution in [2.24, 2.45) is 5.73 Å². The van der Waals surface area contributed by atoms with Crippen molar-refractivity contribution in [3.8, 4) is 0 Å². The second-order valence-electron chi connectivity index (χ2n) is 1.43. The lowest BCUT2D eigenvalue weighted by Crippen LogP contribution is -2.15. The Morgan fingerprint density at radius 2 is 1.50 bits per heavy atom. The molecule has 0 radical (unpaired) electrons. The fourth-order valence-electron chi connectivity index (χ4n) is 0.0577. The summed E-state index contributed by atoms with van der Waals surface area (Å²) in [5, 5.41) is 24.0. The van der Waals surface area contributed by atoms with Gasteiger partial charge < -0.3 is 21.1 Å². The molecule has 0 aliphatic rings. The van der Waals surface area contributed by atoms with Crippen LogP contribution in [0.5, 0.6) is 0 Å². The van der Waals surface area contributed by atoms with E-state index in [9.17, 15) is 0 Å². The van der Waals surface area contributed by atoms with Crippen LogP contribution >= 0.6 is 17.0 Å². The summed E-state index contributed by atoms with van der Waals surface area (Å²) in [4.78, 5) is 0. The van der Waals surface area contributed by atoms with Gasteiger partial charge >= 0.3 is 0 Å². The van der Waals surface area contributed by atoms with E-state index < -0.39 is 6.10 Å². The van der Waals surface area contributed by atoms with Gasteiger partial charge in [0.2, 0.25) is 0 Å². The van der Waals surface area contributed by atoms with Gasteiger partial charge in [0.25, 0.3) is 0 Å². The first-order valence-electron chi connectivity index (χ1n) is 2.82. The average Bonchev–Trinajstić information content (AvgIpc) is 1.88. The number of aliphatic hydroxyl groups excluding tert-OH is 3. The molecule has 4 nitrogen and oxygen atoms in total. The van der Waals surface area contributed by atoms with Gasteiger partial charge in [-0.15, -0.1) is 17.0 Å². The quantitative estimate of drug-likeness (QED) is 0.472. The molecule has 0 aromatic carbocycles. The highest BCUT2D eigenvalue weighted by Crippen LogP contribution is 1.71. The van der Waals surface area contributed by atoms with E-state index in [1.165, 1.54) is 0 Å². The average molecular weight is 218 g/mol. The van der Waals surface area contributed by atoms with Gasteiger partial charge in [0, 0.05) is 0 Å². The molecule has 66 valence electrons. The Kier molecular flexibility index (Phi) is 27.0. The molecule has 5 N–H and O–H groups in total. The first-order chi connectivity index (χ1) is 4.22. The number of nitrogens with two attached hydrogens (primary N) is 1. The molecule has 0 heterocycles. The number of aliphatic hydroxyl groups is 3. The summed E-state index contributed by atoms with van der Waals surface area (Å²) in [5.74, 6) is 0. The summed E-state index contributed by atoms with van der Waals surface area (Å²) in [6.45, 7) is 1.92. The predicted molar refractivity (Wildman–Crippen MR) is 45.2 cm³/mol. The lowest BCUT2D eigenvalue weighted by atomic mass is 10.4. The molecule has 5 heteroatoms. The molecule has 10 heavy (non-hydrogen) atoms. The van der Waals surface area contributed by atoms with Crippen molar-refractivity contribution in [2.75, 3.05) is 19.8 Å². The molecule has 0 saturated carbocycles.